The van der Waals surface area contributed by atoms with E-state index in [4.69, 9.17) is 4.74 Å². The van der Waals surface area contributed by atoms with E-state index in [0.717, 1.165) is 26.3 Å². The van der Waals surface area contributed by atoms with Crippen molar-refractivity contribution < 1.29 is 4.74 Å². The minimum absolute atomic E-state index is 0.913. The van der Waals surface area contributed by atoms with Gasteiger partial charge in [-0.2, -0.15) is 0 Å². The van der Waals surface area contributed by atoms with E-state index in [0.29, 0.717) is 0 Å². The van der Waals surface area contributed by atoms with Crippen LogP contribution in [0.5, 0.6) is 0 Å². The van der Waals surface area contributed by atoms with Gasteiger partial charge in [-0.1, -0.05) is 0 Å². The molecule has 3 nitrogen and oxygen atoms in total. The first-order valence-electron chi connectivity index (χ1n) is 4.62. The summed E-state index contributed by atoms with van der Waals surface area (Å²) >= 11 is 0. The van der Waals surface area contributed by atoms with Crippen molar-refractivity contribution in [3.8, 4) is 0 Å². The smallest absolute Gasteiger partial charge is 0.0594 e. The van der Waals surface area contributed by atoms with Crippen LogP contribution >= 0.6 is 0 Å². The Labute approximate surface area is 79.9 Å². The van der Waals surface area contributed by atoms with Crippen molar-refractivity contribution in [2.45, 2.75) is 0 Å². The largest absolute Gasteiger partial charge is 0.379 e. The average molecular weight is 182 g/mol. The van der Waals surface area contributed by atoms with Gasteiger partial charge in [0.1, 0.15) is 0 Å². The van der Waals surface area contributed by atoms with Gasteiger partial charge < -0.3 is 14.2 Å². The predicted octanol–water partition coefficient (Wildman–Crippen LogP) is 0.973. The van der Waals surface area contributed by atoms with Gasteiger partial charge in [0.15, 0.2) is 0 Å². The summed E-state index contributed by atoms with van der Waals surface area (Å²) < 4.78 is 7.10. The second-order valence-corrected chi connectivity index (χ2v) is 3.26. The zero-order valence-electron chi connectivity index (χ0n) is 8.44. The van der Waals surface area contributed by atoms with Gasteiger partial charge in [-0.25, -0.2) is 0 Å². The van der Waals surface area contributed by atoms with Crippen LogP contribution in [0.25, 0.3) is 0 Å². The molecule has 0 atom stereocenters. The average Bonchev–Trinajstić information content (AvgIpc) is 2.58. The molecule has 1 aliphatic heterocycles. The highest BCUT2D eigenvalue weighted by molar-refractivity contribution is 4.88. The number of hydrogen-bond donors (Lipinski definition) is 0. The van der Waals surface area contributed by atoms with Gasteiger partial charge in [0, 0.05) is 32.5 Å². The number of nitrogens with zero attached hydrogens (tertiary/aromatic N) is 2. The molecule has 0 amide bonds. The molecule has 1 aliphatic rings. The van der Waals surface area contributed by atoms with Crippen molar-refractivity contribution in [2.75, 3.05) is 33.4 Å². The number of ether oxygens (including phenoxy) is 1. The number of aryl methyl sites for hydroxylation is 1. The Hall–Kier alpha value is -0.800. The molecule has 1 saturated heterocycles. The fourth-order valence-corrected chi connectivity index (χ4v) is 1.08. The summed E-state index contributed by atoms with van der Waals surface area (Å²) in [5.74, 6) is 0. The van der Waals surface area contributed by atoms with Gasteiger partial charge in [-0.15, -0.1) is 0 Å². The second kappa shape index (κ2) is 5.78. The van der Waals surface area contributed by atoms with Crippen LogP contribution in [-0.2, 0) is 11.8 Å². The molecule has 3 heteroatoms. The van der Waals surface area contributed by atoms with E-state index >= 15 is 0 Å². The maximum atomic E-state index is 5.10. The highest BCUT2D eigenvalue weighted by Gasteiger charge is 2.02. The summed E-state index contributed by atoms with van der Waals surface area (Å²) in [6.45, 7) is 4.02. The summed E-state index contributed by atoms with van der Waals surface area (Å²) in [6, 6.07) is 4.00. The molecule has 0 spiro atoms. The fourth-order valence-electron chi connectivity index (χ4n) is 1.08. The summed E-state index contributed by atoms with van der Waals surface area (Å²) in [6.07, 6.45) is 4.00. The van der Waals surface area contributed by atoms with Crippen LogP contribution < -0.4 is 0 Å². The number of morpholine rings is 1. The number of likely N-dealkylation sites (N-methyl/N-ethyl adjacent to an activating group) is 1. The Balaban J connectivity index is 0.000000132. The first kappa shape index (κ1) is 10.3. The third-order valence-corrected chi connectivity index (χ3v) is 1.99. The molecule has 1 aromatic heterocycles. The van der Waals surface area contributed by atoms with Gasteiger partial charge in [-0.05, 0) is 19.2 Å². The van der Waals surface area contributed by atoms with Gasteiger partial charge in [0.25, 0.3) is 0 Å². The molecule has 2 rings (SSSR count). The van der Waals surface area contributed by atoms with Crippen LogP contribution in [-0.4, -0.2) is 42.8 Å². The molecular formula is C10H18N2O. The zero-order chi connectivity index (χ0) is 9.52. The van der Waals surface area contributed by atoms with Gasteiger partial charge in [-0.3, -0.25) is 0 Å². The van der Waals surface area contributed by atoms with Crippen molar-refractivity contribution in [1.29, 1.82) is 0 Å². The minimum Gasteiger partial charge on any atom is -0.379 e. The molecule has 0 saturated carbocycles. The molecule has 2 heterocycles. The predicted molar refractivity (Wildman–Crippen MR) is 53.7 cm³/mol. The Morgan fingerprint density at radius 1 is 1.00 bits per heavy atom. The normalized spacial score (nSPS) is 17.7. The first-order valence-corrected chi connectivity index (χ1v) is 4.62. The second-order valence-electron chi connectivity index (χ2n) is 3.26. The molecule has 13 heavy (non-hydrogen) atoms. The lowest BCUT2D eigenvalue weighted by molar-refractivity contribution is 0.0503. The van der Waals surface area contributed by atoms with Crippen molar-refractivity contribution in [2.24, 2.45) is 7.05 Å². The van der Waals surface area contributed by atoms with E-state index in [9.17, 15) is 0 Å². The first-order chi connectivity index (χ1) is 6.29. The van der Waals surface area contributed by atoms with E-state index in [1.54, 1.807) is 0 Å². The summed E-state index contributed by atoms with van der Waals surface area (Å²) in [7, 11) is 4.11. The molecule has 1 aromatic rings. The van der Waals surface area contributed by atoms with Crippen LogP contribution in [0.4, 0.5) is 0 Å². The topological polar surface area (TPSA) is 17.4 Å². The van der Waals surface area contributed by atoms with Crippen LogP contribution in [0.3, 0.4) is 0 Å². The maximum absolute atomic E-state index is 5.10. The monoisotopic (exact) mass is 182 g/mol. The lowest BCUT2D eigenvalue weighted by atomic mass is 10.5. The van der Waals surface area contributed by atoms with Gasteiger partial charge >= 0.3 is 0 Å². The minimum atomic E-state index is 0.913. The van der Waals surface area contributed by atoms with E-state index in [2.05, 4.69) is 11.9 Å². The van der Waals surface area contributed by atoms with E-state index in [1.165, 1.54) is 0 Å². The van der Waals surface area contributed by atoms with Crippen LogP contribution in [0.2, 0.25) is 0 Å². The van der Waals surface area contributed by atoms with Crippen molar-refractivity contribution >= 4 is 0 Å². The Kier molecular flexibility index (Phi) is 4.57. The number of aromatic nitrogens is 1. The zero-order valence-corrected chi connectivity index (χ0v) is 8.44. The molecule has 0 aromatic carbocycles. The summed E-state index contributed by atoms with van der Waals surface area (Å²) in [4.78, 5) is 2.27. The molecule has 0 unspecified atom stereocenters. The quantitative estimate of drug-likeness (QED) is 0.595. The van der Waals surface area contributed by atoms with Gasteiger partial charge in [0.05, 0.1) is 13.2 Å². The van der Waals surface area contributed by atoms with Gasteiger partial charge in [0.2, 0.25) is 0 Å². The fraction of sp³-hybridized carbons (Fsp3) is 0.600. The highest BCUT2D eigenvalue weighted by Crippen LogP contribution is 1.89. The Bertz CT molecular complexity index is 203. The molecule has 1 fully saturated rings. The lowest BCUT2D eigenvalue weighted by Crippen LogP contribution is -2.32. The van der Waals surface area contributed by atoms with E-state index in [1.807, 2.05) is 36.1 Å². The summed E-state index contributed by atoms with van der Waals surface area (Å²) in [5, 5.41) is 0. The molecular weight excluding hydrogens is 164 g/mol. The van der Waals surface area contributed by atoms with E-state index < -0.39 is 0 Å². The Morgan fingerprint density at radius 3 is 1.77 bits per heavy atom. The SMILES string of the molecule is CN1CCOCC1.Cn1cccc1. The van der Waals surface area contributed by atoms with Crippen LogP contribution in [0.15, 0.2) is 24.5 Å². The third-order valence-electron chi connectivity index (χ3n) is 1.99. The van der Waals surface area contributed by atoms with Crippen LogP contribution in [0, 0.1) is 0 Å². The van der Waals surface area contributed by atoms with Crippen molar-refractivity contribution in [3.63, 3.8) is 0 Å². The molecule has 74 valence electrons. The molecule has 0 N–H and O–H groups in total. The number of rotatable bonds is 0. The lowest BCUT2D eigenvalue weighted by Gasteiger charge is -2.21. The van der Waals surface area contributed by atoms with Crippen LogP contribution in [0.1, 0.15) is 0 Å². The molecule has 0 radical (unpaired) electrons. The summed E-state index contributed by atoms with van der Waals surface area (Å²) in [5.41, 5.74) is 0. The van der Waals surface area contributed by atoms with Crippen molar-refractivity contribution in [1.82, 2.24) is 9.47 Å². The maximum Gasteiger partial charge on any atom is 0.0594 e. The standard InChI is InChI=1S/C5H11NO.C5H7N/c1-6-2-4-7-5-3-6;1-6-4-2-3-5-6/h2-5H2,1H3;2-5H,1H3. The van der Waals surface area contributed by atoms with E-state index in [-0.39, 0.29) is 0 Å². The third kappa shape index (κ3) is 4.70. The molecule has 0 bridgehead atoms. The Morgan fingerprint density at radius 2 is 1.54 bits per heavy atom. The van der Waals surface area contributed by atoms with Crippen molar-refractivity contribution in [3.05, 3.63) is 24.5 Å². The highest BCUT2D eigenvalue weighted by atomic mass is 16.5. The number of hydrogen-bond acceptors (Lipinski definition) is 2. The molecule has 0 aliphatic carbocycles.